The maximum atomic E-state index is 12.8. The fourth-order valence-corrected chi connectivity index (χ4v) is 2.04. The van der Waals surface area contributed by atoms with Crippen LogP contribution in [0.4, 0.5) is 4.39 Å². The molecular formula is C17H16ClFN2O2. The molecule has 2 rings (SSSR count). The van der Waals surface area contributed by atoms with Crippen molar-refractivity contribution in [3.8, 4) is 0 Å². The molecule has 4 nitrogen and oxygen atoms in total. The van der Waals surface area contributed by atoms with Crippen LogP contribution in [0.25, 0.3) is 0 Å². The number of carbonyl (C=O) groups excluding carboxylic acids is 2. The first-order valence-corrected chi connectivity index (χ1v) is 7.47. The SMILES string of the molecule is O=C(NCCc1ccc(F)cc1)C(=O)NCc1ccc(Cl)cc1. The summed E-state index contributed by atoms with van der Waals surface area (Å²) in [6.45, 7) is 0.556. The molecular weight excluding hydrogens is 319 g/mol. The summed E-state index contributed by atoms with van der Waals surface area (Å²) in [4.78, 5) is 23.3. The fourth-order valence-electron chi connectivity index (χ4n) is 1.92. The van der Waals surface area contributed by atoms with Gasteiger partial charge in [-0.15, -0.1) is 0 Å². The quantitative estimate of drug-likeness (QED) is 0.825. The third kappa shape index (κ3) is 5.71. The second-order valence-corrected chi connectivity index (χ2v) is 5.38. The van der Waals surface area contributed by atoms with E-state index in [0.717, 1.165) is 11.1 Å². The molecule has 0 aliphatic carbocycles. The third-order valence-electron chi connectivity index (χ3n) is 3.19. The van der Waals surface area contributed by atoms with Gasteiger partial charge in [-0.25, -0.2) is 4.39 Å². The van der Waals surface area contributed by atoms with Gasteiger partial charge in [0.1, 0.15) is 5.82 Å². The van der Waals surface area contributed by atoms with Crippen LogP contribution < -0.4 is 10.6 Å². The maximum absolute atomic E-state index is 12.8. The first-order chi connectivity index (χ1) is 11.0. The average Bonchev–Trinajstić information content (AvgIpc) is 2.55. The van der Waals surface area contributed by atoms with E-state index < -0.39 is 11.8 Å². The molecule has 6 heteroatoms. The molecule has 0 unspecified atom stereocenters. The van der Waals surface area contributed by atoms with E-state index in [9.17, 15) is 14.0 Å². The lowest BCUT2D eigenvalue weighted by Gasteiger charge is -2.07. The minimum Gasteiger partial charge on any atom is -0.348 e. The maximum Gasteiger partial charge on any atom is 0.309 e. The number of amides is 2. The van der Waals surface area contributed by atoms with Crippen molar-refractivity contribution < 1.29 is 14.0 Å². The van der Waals surface area contributed by atoms with Crippen LogP contribution in [0.2, 0.25) is 5.02 Å². The van der Waals surface area contributed by atoms with Gasteiger partial charge >= 0.3 is 11.8 Å². The Bertz CT molecular complexity index is 672. The predicted octanol–water partition coefficient (Wildman–Crippen LogP) is 2.45. The Morgan fingerprint density at radius 3 is 2.09 bits per heavy atom. The number of carbonyl (C=O) groups is 2. The summed E-state index contributed by atoms with van der Waals surface area (Å²) in [5, 5.41) is 5.67. The van der Waals surface area contributed by atoms with Crippen molar-refractivity contribution in [2.45, 2.75) is 13.0 Å². The smallest absolute Gasteiger partial charge is 0.309 e. The second-order valence-electron chi connectivity index (χ2n) is 4.94. The highest BCUT2D eigenvalue weighted by Crippen LogP contribution is 2.09. The summed E-state index contributed by atoms with van der Waals surface area (Å²) in [5.41, 5.74) is 1.73. The molecule has 0 aromatic heterocycles. The molecule has 120 valence electrons. The van der Waals surface area contributed by atoms with Gasteiger partial charge in [-0.3, -0.25) is 9.59 Å². The minimum atomic E-state index is -0.695. The van der Waals surface area contributed by atoms with Gasteiger partial charge in [0.2, 0.25) is 0 Å². The molecule has 2 N–H and O–H groups in total. The number of hydrogen-bond acceptors (Lipinski definition) is 2. The molecule has 0 saturated carbocycles. The van der Waals surface area contributed by atoms with Gasteiger partial charge in [0.25, 0.3) is 0 Å². The van der Waals surface area contributed by atoms with Crippen LogP contribution in [0.5, 0.6) is 0 Å². The zero-order chi connectivity index (χ0) is 16.7. The molecule has 0 aliphatic rings. The van der Waals surface area contributed by atoms with Crippen molar-refractivity contribution in [2.24, 2.45) is 0 Å². The fraction of sp³-hybridized carbons (Fsp3) is 0.176. The number of benzene rings is 2. The molecule has 23 heavy (non-hydrogen) atoms. The van der Waals surface area contributed by atoms with Gasteiger partial charge in [0, 0.05) is 18.1 Å². The Hall–Kier alpha value is -2.40. The van der Waals surface area contributed by atoms with E-state index in [1.807, 2.05) is 0 Å². The van der Waals surface area contributed by atoms with Gasteiger partial charge in [0.05, 0.1) is 0 Å². The molecule has 0 saturated heterocycles. The Labute approximate surface area is 138 Å². The van der Waals surface area contributed by atoms with E-state index in [-0.39, 0.29) is 12.4 Å². The van der Waals surface area contributed by atoms with Crippen LogP contribution in [0, 0.1) is 5.82 Å². The Morgan fingerprint density at radius 1 is 0.870 bits per heavy atom. The highest BCUT2D eigenvalue weighted by Gasteiger charge is 2.12. The van der Waals surface area contributed by atoms with E-state index in [4.69, 9.17) is 11.6 Å². The van der Waals surface area contributed by atoms with Crippen LogP contribution in [-0.4, -0.2) is 18.4 Å². The van der Waals surface area contributed by atoms with Crippen molar-refractivity contribution in [1.82, 2.24) is 10.6 Å². The third-order valence-corrected chi connectivity index (χ3v) is 3.44. The highest BCUT2D eigenvalue weighted by molar-refractivity contribution is 6.35. The molecule has 2 aromatic rings. The summed E-state index contributed by atoms with van der Waals surface area (Å²) >= 11 is 5.77. The van der Waals surface area contributed by atoms with E-state index in [1.54, 1.807) is 36.4 Å². The zero-order valence-electron chi connectivity index (χ0n) is 12.3. The van der Waals surface area contributed by atoms with Crippen molar-refractivity contribution in [2.75, 3.05) is 6.54 Å². The summed E-state index contributed by atoms with van der Waals surface area (Å²) in [6, 6.07) is 13.0. The van der Waals surface area contributed by atoms with Crippen molar-refractivity contribution in [1.29, 1.82) is 0 Å². The first kappa shape index (κ1) is 17.0. The summed E-state index contributed by atoms with van der Waals surface area (Å²) in [7, 11) is 0. The minimum absolute atomic E-state index is 0.251. The van der Waals surface area contributed by atoms with Gasteiger partial charge in [0.15, 0.2) is 0 Å². The normalized spacial score (nSPS) is 10.2. The molecule has 0 heterocycles. The van der Waals surface area contributed by atoms with Crippen LogP contribution in [0.15, 0.2) is 48.5 Å². The molecule has 2 amide bonds. The average molecular weight is 335 g/mol. The lowest BCUT2D eigenvalue weighted by molar-refractivity contribution is -0.139. The van der Waals surface area contributed by atoms with E-state index >= 15 is 0 Å². The Kier molecular flexibility index (Phi) is 6.11. The van der Waals surface area contributed by atoms with Crippen LogP contribution in [0.3, 0.4) is 0 Å². The van der Waals surface area contributed by atoms with E-state index in [0.29, 0.717) is 18.0 Å². The lowest BCUT2D eigenvalue weighted by Crippen LogP contribution is -2.40. The monoisotopic (exact) mass is 334 g/mol. The van der Waals surface area contributed by atoms with Gasteiger partial charge in [-0.05, 0) is 41.8 Å². The summed E-state index contributed by atoms with van der Waals surface area (Å²) in [5.74, 6) is -1.69. The molecule has 0 aliphatic heterocycles. The van der Waals surface area contributed by atoms with Crippen LogP contribution in [0.1, 0.15) is 11.1 Å². The van der Waals surface area contributed by atoms with Crippen molar-refractivity contribution in [3.05, 3.63) is 70.5 Å². The standard InChI is InChI=1S/C17H16ClFN2O2/c18-14-5-1-13(2-6-14)11-21-17(23)16(22)20-10-9-12-3-7-15(19)8-4-12/h1-8H,9-11H2,(H,20,22)(H,21,23). The van der Waals surface area contributed by atoms with Gasteiger partial charge in [-0.1, -0.05) is 35.9 Å². The molecule has 0 spiro atoms. The number of nitrogens with one attached hydrogen (secondary N) is 2. The van der Waals surface area contributed by atoms with Crippen molar-refractivity contribution in [3.63, 3.8) is 0 Å². The largest absolute Gasteiger partial charge is 0.348 e. The topological polar surface area (TPSA) is 58.2 Å². The van der Waals surface area contributed by atoms with Crippen LogP contribution in [-0.2, 0) is 22.6 Å². The molecule has 0 bridgehead atoms. The predicted molar refractivity (Wildman–Crippen MR) is 86.4 cm³/mol. The second kappa shape index (κ2) is 8.29. The number of hydrogen-bond donors (Lipinski definition) is 2. The Morgan fingerprint density at radius 2 is 1.43 bits per heavy atom. The summed E-state index contributed by atoms with van der Waals surface area (Å²) in [6.07, 6.45) is 0.524. The highest BCUT2D eigenvalue weighted by atomic mass is 35.5. The van der Waals surface area contributed by atoms with Gasteiger partial charge < -0.3 is 10.6 Å². The summed E-state index contributed by atoms with van der Waals surface area (Å²) < 4.78 is 12.8. The van der Waals surface area contributed by atoms with Gasteiger partial charge in [-0.2, -0.15) is 0 Å². The van der Waals surface area contributed by atoms with Crippen LogP contribution >= 0.6 is 11.6 Å². The number of halogens is 2. The molecule has 0 radical (unpaired) electrons. The number of rotatable bonds is 5. The lowest BCUT2D eigenvalue weighted by atomic mass is 10.1. The Balaban J connectivity index is 1.71. The first-order valence-electron chi connectivity index (χ1n) is 7.09. The zero-order valence-corrected chi connectivity index (χ0v) is 13.1. The molecule has 0 fully saturated rings. The van der Waals surface area contributed by atoms with E-state index in [2.05, 4.69) is 10.6 Å². The molecule has 0 atom stereocenters. The molecule has 2 aromatic carbocycles. The van der Waals surface area contributed by atoms with Crippen molar-refractivity contribution >= 4 is 23.4 Å². The van der Waals surface area contributed by atoms with E-state index in [1.165, 1.54) is 12.1 Å².